The molecule has 1 amide bonds. The van der Waals surface area contributed by atoms with E-state index >= 15 is 0 Å². The van der Waals surface area contributed by atoms with Crippen LogP contribution in [0.25, 0.3) is 5.65 Å². The quantitative estimate of drug-likeness (QED) is 0.664. The molecule has 1 N–H and O–H groups in total. The molecule has 2 aromatic heterocycles. The summed E-state index contributed by atoms with van der Waals surface area (Å²) in [6.07, 6.45) is 1.61. The van der Waals surface area contributed by atoms with E-state index in [4.69, 9.17) is 4.74 Å². The second kappa shape index (κ2) is 8.54. The number of amides is 1. The van der Waals surface area contributed by atoms with Gasteiger partial charge in [0.25, 0.3) is 0 Å². The lowest BCUT2D eigenvalue weighted by Crippen LogP contribution is -2.44. The van der Waals surface area contributed by atoms with Crippen molar-refractivity contribution in [1.82, 2.24) is 24.4 Å². The van der Waals surface area contributed by atoms with Crippen molar-refractivity contribution in [2.45, 2.75) is 12.6 Å². The van der Waals surface area contributed by atoms with Gasteiger partial charge in [-0.3, -0.25) is 14.1 Å². The monoisotopic (exact) mass is 399 g/mol. The Hall–Kier alpha value is -3.04. The molecule has 1 saturated heterocycles. The lowest BCUT2D eigenvalue weighted by molar-refractivity contribution is -0.122. The number of nitrogens with one attached hydrogen (secondary N) is 1. The fraction of sp³-hybridized carbons (Fsp3) is 0.350. The zero-order valence-electron chi connectivity index (χ0n) is 15.8. The van der Waals surface area contributed by atoms with E-state index in [-0.39, 0.29) is 30.0 Å². The second-order valence-electron chi connectivity index (χ2n) is 6.89. The summed E-state index contributed by atoms with van der Waals surface area (Å²) >= 11 is 0. The van der Waals surface area contributed by atoms with Crippen LogP contribution in [0.2, 0.25) is 0 Å². The van der Waals surface area contributed by atoms with Crippen LogP contribution in [0.15, 0.2) is 53.5 Å². The molecule has 0 aliphatic carbocycles. The van der Waals surface area contributed by atoms with Crippen molar-refractivity contribution in [1.29, 1.82) is 0 Å². The maximum absolute atomic E-state index is 13.3. The van der Waals surface area contributed by atoms with Gasteiger partial charge in [-0.05, 0) is 29.8 Å². The molecule has 9 heteroatoms. The Bertz CT molecular complexity index is 1040. The minimum Gasteiger partial charge on any atom is -0.379 e. The number of carbonyl (C=O) groups excluding carboxylic acids is 1. The molecule has 1 fully saturated rings. The number of benzene rings is 1. The predicted molar refractivity (Wildman–Crippen MR) is 104 cm³/mol. The normalized spacial score (nSPS) is 16.0. The van der Waals surface area contributed by atoms with Gasteiger partial charge in [0.2, 0.25) is 5.91 Å². The molecule has 1 atom stereocenters. The van der Waals surface area contributed by atoms with Gasteiger partial charge in [0.05, 0.1) is 19.3 Å². The van der Waals surface area contributed by atoms with Crippen molar-refractivity contribution >= 4 is 11.6 Å². The van der Waals surface area contributed by atoms with Crippen LogP contribution in [-0.2, 0) is 16.1 Å². The van der Waals surface area contributed by atoms with E-state index in [1.54, 1.807) is 36.5 Å². The highest BCUT2D eigenvalue weighted by Crippen LogP contribution is 2.21. The number of ether oxygens (including phenoxy) is 1. The van der Waals surface area contributed by atoms with Crippen LogP contribution in [0, 0.1) is 5.82 Å². The van der Waals surface area contributed by atoms with Crippen molar-refractivity contribution in [3.05, 3.63) is 70.5 Å². The Morgan fingerprint density at radius 1 is 1.17 bits per heavy atom. The van der Waals surface area contributed by atoms with Gasteiger partial charge in [-0.25, -0.2) is 13.9 Å². The fourth-order valence-corrected chi connectivity index (χ4v) is 3.51. The van der Waals surface area contributed by atoms with Gasteiger partial charge in [0.15, 0.2) is 5.65 Å². The summed E-state index contributed by atoms with van der Waals surface area (Å²) in [6.45, 7) is 2.85. The fourth-order valence-electron chi connectivity index (χ4n) is 3.51. The number of halogens is 1. The van der Waals surface area contributed by atoms with Gasteiger partial charge in [0.1, 0.15) is 12.4 Å². The first-order valence-corrected chi connectivity index (χ1v) is 9.50. The second-order valence-corrected chi connectivity index (χ2v) is 6.89. The smallest absolute Gasteiger partial charge is 0.350 e. The first-order valence-electron chi connectivity index (χ1n) is 9.50. The van der Waals surface area contributed by atoms with Gasteiger partial charge < -0.3 is 10.1 Å². The van der Waals surface area contributed by atoms with Crippen LogP contribution in [0.5, 0.6) is 0 Å². The average molecular weight is 399 g/mol. The minimum absolute atomic E-state index is 0.110. The average Bonchev–Trinajstić information content (AvgIpc) is 3.06. The number of aromatic nitrogens is 3. The molecule has 8 nitrogen and oxygen atoms in total. The summed E-state index contributed by atoms with van der Waals surface area (Å²) in [5, 5.41) is 7.06. The summed E-state index contributed by atoms with van der Waals surface area (Å²) in [7, 11) is 0. The summed E-state index contributed by atoms with van der Waals surface area (Å²) in [4.78, 5) is 27.0. The number of rotatable bonds is 6. The Kier molecular flexibility index (Phi) is 5.68. The number of hydrogen-bond donors (Lipinski definition) is 1. The largest absolute Gasteiger partial charge is 0.379 e. The van der Waals surface area contributed by atoms with Crippen molar-refractivity contribution < 1.29 is 13.9 Å². The van der Waals surface area contributed by atoms with Crippen LogP contribution in [-0.4, -0.2) is 57.8 Å². The summed E-state index contributed by atoms with van der Waals surface area (Å²) < 4.78 is 21.3. The minimum atomic E-state index is -0.362. The molecule has 3 aromatic rings. The maximum atomic E-state index is 13.3. The molecular formula is C20H22FN5O3. The third kappa shape index (κ3) is 4.36. The Morgan fingerprint density at radius 3 is 2.66 bits per heavy atom. The molecular weight excluding hydrogens is 377 g/mol. The van der Waals surface area contributed by atoms with Gasteiger partial charge in [-0.15, -0.1) is 5.10 Å². The van der Waals surface area contributed by atoms with Gasteiger partial charge in [0, 0.05) is 25.8 Å². The number of fused-ring (bicyclic) bond motifs is 1. The molecule has 1 aliphatic heterocycles. The van der Waals surface area contributed by atoms with Gasteiger partial charge in [-0.1, -0.05) is 18.2 Å². The Labute approximate surface area is 166 Å². The molecule has 0 saturated carbocycles. The number of carbonyl (C=O) groups is 1. The van der Waals surface area contributed by atoms with E-state index in [1.807, 2.05) is 0 Å². The van der Waals surface area contributed by atoms with Gasteiger partial charge >= 0.3 is 5.69 Å². The molecule has 29 heavy (non-hydrogen) atoms. The van der Waals surface area contributed by atoms with Crippen molar-refractivity contribution in [2.75, 3.05) is 32.8 Å². The van der Waals surface area contributed by atoms with Crippen LogP contribution in [0.4, 0.5) is 4.39 Å². The molecule has 0 spiro atoms. The Morgan fingerprint density at radius 2 is 1.93 bits per heavy atom. The van der Waals surface area contributed by atoms with Gasteiger partial charge in [-0.2, -0.15) is 0 Å². The van der Waals surface area contributed by atoms with Crippen LogP contribution < -0.4 is 11.0 Å². The number of morpholine rings is 1. The third-order valence-corrected chi connectivity index (χ3v) is 5.02. The molecule has 1 aliphatic rings. The van der Waals surface area contributed by atoms with E-state index < -0.39 is 0 Å². The lowest BCUT2D eigenvalue weighted by Gasteiger charge is -2.35. The first-order chi connectivity index (χ1) is 14.1. The van der Waals surface area contributed by atoms with Crippen LogP contribution in [0.1, 0.15) is 11.6 Å². The van der Waals surface area contributed by atoms with Crippen molar-refractivity contribution in [3.8, 4) is 0 Å². The van der Waals surface area contributed by atoms with Crippen LogP contribution in [0.3, 0.4) is 0 Å². The van der Waals surface area contributed by atoms with E-state index in [0.717, 1.165) is 23.3 Å². The number of nitrogens with zero attached hydrogens (tertiary/aromatic N) is 4. The summed E-state index contributed by atoms with van der Waals surface area (Å²) in [6, 6.07) is 11.4. The first kappa shape index (κ1) is 19.3. The van der Waals surface area contributed by atoms with E-state index in [2.05, 4.69) is 15.3 Å². The van der Waals surface area contributed by atoms with Crippen molar-refractivity contribution in [3.63, 3.8) is 0 Å². The topological polar surface area (TPSA) is 80.9 Å². The van der Waals surface area contributed by atoms with E-state index in [9.17, 15) is 14.0 Å². The molecule has 0 radical (unpaired) electrons. The standard InChI is InChI=1S/C20H22FN5O3/c21-16-6-4-15(5-7-16)17(24-9-11-29-12-10-24)13-22-19(27)14-26-20(28)25-8-2-1-3-18(25)23-26/h1-8,17H,9-14H2,(H,22,27). The maximum Gasteiger partial charge on any atom is 0.350 e. The van der Waals surface area contributed by atoms with Crippen LogP contribution >= 0.6 is 0 Å². The molecule has 152 valence electrons. The van der Waals surface area contributed by atoms with Crippen molar-refractivity contribution in [2.24, 2.45) is 0 Å². The molecule has 1 unspecified atom stereocenters. The summed E-state index contributed by atoms with van der Waals surface area (Å²) in [5.41, 5.74) is 1.04. The number of hydrogen-bond acceptors (Lipinski definition) is 5. The highest BCUT2D eigenvalue weighted by Gasteiger charge is 2.23. The molecule has 0 bridgehead atoms. The third-order valence-electron chi connectivity index (χ3n) is 5.02. The van der Waals surface area contributed by atoms with E-state index in [1.165, 1.54) is 16.5 Å². The zero-order valence-corrected chi connectivity index (χ0v) is 15.8. The molecule has 1 aromatic carbocycles. The lowest BCUT2D eigenvalue weighted by atomic mass is 10.0. The van der Waals surface area contributed by atoms with E-state index in [0.29, 0.717) is 25.4 Å². The molecule has 4 rings (SSSR count). The molecule has 3 heterocycles. The SMILES string of the molecule is O=C(Cn1nc2ccccn2c1=O)NCC(c1ccc(F)cc1)N1CCOCC1. The highest BCUT2D eigenvalue weighted by molar-refractivity contribution is 5.75. The zero-order chi connectivity index (χ0) is 20.2. The Balaban J connectivity index is 1.46. The predicted octanol–water partition coefficient (Wildman–Crippen LogP) is 0.825. The summed E-state index contributed by atoms with van der Waals surface area (Å²) in [5.74, 6) is -0.611. The number of pyridine rings is 1. The highest BCUT2D eigenvalue weighted by atomic mass is 19.1.